The lowest BCUT2D eigenvalue weighted by Gasteiger charge is -2.17. The Morgan fingerprint density at radius 3 is 2.38 bits per heavy atom. The highest BCUT2D eigenvalue weighted by atomic mass is 16.2. The topological polar surface area (TPSA) is 62.3 Å². The molecule has 0 aliphatic carbocycles. The highest BCUT2D eigenvalue weighted by molar-refractivity contribution is 5.94. The maximum absolute atomic E-state index is 12.1. The molecule has 0 unspecified atom stereocenters. The van der Waals surface area contributed by atoms with Gasteiger partial charge in [0.1, 0.15) is 0 Å². The molecular weight excluding hydrogens is 302 g/mol. The maximum Gasteiger partial charge on any atom is 0.224 e. The average Bonchev–Trinajstić information content (AvgIpc) is 2.61. The minimum absolute atomic E-state index is 0.0487. The monoisotopic (exact) mass is 325 g/mol. The van der Waals surface area contributed by atoms with Gasteiger partial charge < -0.3 is 10.2 Å². The lowest BCUT2D eigenvalue weighted by atomic mass is 10.1. The molecule has 0 bridgehead atoms. The molecule has 0 aliphatic rings. The highest BCUT2D eigenvalue weighted by Crippen LogP contribution is 2.10. The summed E-state index contributed by atoms with van der Waals surface area (Å²) >= 11 is 0. The van der Waals surface area contributed by atoms with Gasteiger partial charge in [-0.15, -0.1) is 0 Å². The molecule has 1 aromatic heterocycles. The zero-order valence-corrected chi connectivity index (χ0v) is 14.2. The number of carbonyl (C=O) groups is 2. The van der Waals surface area contributed by atoms with E-state index in [4.69, 9.17) is 0 Å². The number of aromatic nitrogens is 1. The summed E-state index contributed by atoms with van der Waals surface area (Å²) in [6.07, 6.45) is 4.78. The molecular formula is C19H23N3O2. The molecule has 0 saturated carbocycles. The number of carbonyl (C=O) groups excluding carboxylic acids is 2. The number of nitrogens with zero attached hydrogens (tertiary/aromatic N) is 2. The number of amides is 1. The summed E-state index contributed by atoms with van der Waals surface area (Å²) in [7, 11) is 1.82. The lowest BCUT2D eigenvalue weighted by molar-refractivity contribution is -0.129. The normalized spacial score (nSPS) is 10.2. The van der Waals surface area contributed by atoms with Crippen LogP contribution in [0.25, 0.3) is 0 Å². The molecule has 0 radical (unpaired) electrons. The first-order valence-electron chi connectivity index (χ1n) is 8.04. The number of hydrogen-bond donors (Lipinski definition) is 1. The van der Waals surface area contributed by atoms with E-state index in [1.807, 2.05) is 31.3 Å². The third-order valence-corrected chi connectivity index (χ3v) is 3.87. The van der Waals surface area contributed by atoms with Crippen LogP contribution in [0, 0.1) is 0 Å². The number of likely N-dealkylation sites (N-methyl/N-ethyl adjacent to an activating group) is 1. The third kappa shape index (κ3) is 5.50. The quantitative estimate of drug-likeness (QED) is 0.758. The number of Topliss-reactive ketones (excluding diaryl/α,β-unsaturated/α-hetero) is 1. The average molecular weight is 325 g/mol. The molecule has 2 rings (SSSR count). The highest BCUT2D eigenvalue weighted by Gasteiger charge is 2.08. The number of rotatable bonds is 8. The molecule has 0 saturated heterocycles. The number of hydrogen-bond acceptors (Lipinski definition) is 4. The SMILES string of the molecule is CC(=O)c1ccc(NCCC(=O)N(C)CCc2ccncc2)cc1. The van der Waals surface area contributed by atoms with Crippen LogP contribution in [-0.4, -0.2) is 41.7 Å². The van der Waals surface area contributed by atoms with Crippen molar-refractivity contribution in [2.75, 3.05) is 25.5 Å². The van der Waals surface area contributed by atoms with Crippen LogP contribution in [0.1, 0.15) is 29.3 Å². The Morgan fingerprint density at radius 1 is 1.08 bits per heavy atom. The van der Waals surface area contributed by atoms with E-state index in [1.165, 1.54) is 5.56 Å². The van der Waals surface area contributed by atoms with Crippen LogP contribution < -0.4 is 5.32 Å². The number of ketones is 1. The Kier molecular flexibility index (Phi) is 6.49. The molecule has 1 aromatic carbocycles. The van der Waals surface area contributed by atoms with E-state index < -0.39 is 0 Å². The van der Waals surface area contributed by atoms with Gasteiger partial charge in [-0.25, -0.2) is 0 Å². The zero-order chi connectivity index (χ0) is 17.4. The second kappa shape index (κ2) is 8.82. The smallest absolute Gasteiger partial charge is 0.224 e. The summed E-state index contributed by atoms with van der Waals surface area (Å²) in [6, 6.07) is 11.2. The van der Waals surface area contributed by atoms with Crippen LogP contribution in [-0.2, 0) is 11.2 Å². The fraction of sp³-hybridized carbons (Fsp3) is 0.316. The van der Waals surface area contributed by atoms with Gasteiger partial charge in [0.25, 0.3) is 0 Å². The Morgan fingerprint density at radius 2 is 1.75 bits per heavy atom. The largest absolute Gasteiger partial charge is 0.385 e. The van der Waals surface area contributed by atoms with Crippen molar-refractivity contribution in [2.45, 2.75) is 19.8 Å². The minimum atomic E-state index is 0.0487. The Labute approximate surface area is 142 Å². The maximum atomic E-state index is 12.1. The summed E-state index contributed by atoms with van der Waals surface area (Å²) in [5.74, 6) is 0.157. The van der Waals surface area contributed by atoms with Gasteiger partial charge >= 0.3 is 0 Å². The van der Waals surface area contributed by atoms with E-state index in [0.717, 1.165) is 12.1 Å². The van der Waals surface area contributed by atoms with Crippen LogP contribution >= 0.6 is 0 Å². The number of anilines is 1. The van der Waals surface area contributed by atoms with Crippen molar-refractivity contribution in [2.24, 2.45) is 0 Å². The number of benzene rings is 1. The summed E-state index contributed by atoms with van der Waals surface area (Å²) in [4.78, 5) is 29.1. The van der Waals surface area contributed by atoms with E-state index in [1.54, 1.807) is 36.4 Å². The van der Waals surface area contributed by atoms with E-state index in [-0.39, 0.29) is 11.7 Å². The summed E-state index contributed by atoms with van der Waals surface area (Å²) < 4.78 is 0. The van der Waals surface area contributed by atoms with Gasteiger partial charge in [0.05, 0.1) is 0 Å². The van der Waals surface area contributed by atoms with Crippen molar-refractivity contribution in [3.8, 4) is 0 Å². The Balaban J connectivity index is 1.71. The van der Waals surface area contributed by atoms with Crippen molar-refractivity contribution < 1.29 is 9.59 Å². The van der Waals surface area contributed by atoms with Gasteiger partial charge in [-0.1, -0.05) is 0 Å². The molecule has 5 nitrogen and oxygen atoms in total. The fourth-order valence-corrected chi connectivity index (χ4v) is 2.30. The van der Waals surface area contributed by atoms with Crippen molar-refractivity contribution in [1.82, 2.24) is 9.88 Å². The van der Waals surface area contributed by atoms with Crippen LogP contribution in [0.15, 0.2) is 48.8 Å². The van der Waals surface area contributed by atoms with Gasteiger partial charge in [-0.2, -0.15) is 0 Å². The third-order valence-electron chi connectivity index (χ3n) is 3.87. The van der Waals surface area contributed by atoms with Gasteiger partial charge in [-0.05, 0) is 55.3 Å². The van der Waals surface area contributed by atoms with Crippen molar-refractivity contribution in [1.29, 1.82) is 0 Å². The predicted octanol–water partition coefficient (Wildman–Crippen LogP) is 2.79. The summed E-state index contributed by atoms with van der Waals surface area (Å²) in [6.45, 7) is 2.80. The van der Waals surface area contributed by atoms with Crippen LogP contribution in [0.3, 0.4) is 0 Å². The van der Waals surface area contributed by atoms with Gasteiger partial charge in [0.15, 0.2) is 5.78 Å². The van der Waals surface area contributed by atoms with Gasteiger partial charge in [0, 0.05) is 50.2 Å². The zero-order valence-electron chi connectivity index (χ0n) is 14.2. The molecule has 5 heteroatoms. The van der Waals surface area contributed by atoms with Crippen molar-refractivity contribution in [3.63, 3.8) is 0 Å². The van der Waals surface area contributed by atoms with Crippen molar-refractivity contribution in [3.05, 3.63) is 59.9 Å². The molecule has 0 aliphatic heterocycles. The number of nitrogens with one attached hydrogen (secondary N) is 1. The Bertz CT molecular complexity index is 669. The molecule has 1 amide bonds. The van der Waals surface area contributed by atoms with Crippen LogP contribution in [0.5, 0.6) is 0 Å². The molecule has 0 spiro atoms. The molecule has 1 N–H and O–H groups in total. The predicted molar refractivity (Wildman–Crippen MR) is 95.1 cm³/mol. The lowest BCUT2D eigenvalue weighted by Crippen LogP contribution is -2.30. The van der Waals surface area contributed by atoms with E-state index >= 15 is 0 Å². The molecule has 0 atom stereocenters. The fourth-order valence-electron chi connectivity index (χ4n) is 2.30. The first-order valence-corrected chi connectivity index (χ1v) is 8.04. The second-order valence-electron chi connectivity index (χ2n) is 5.73. The van der Waals surface area contributed by atoms with Crippen molar-refractivity contribution >= 4 is 17.4 Å². The molecule has 126 valence electrons. The summed E-state index contributed by atoms with van der Waals surface area (Å²) in [5, 5.41) is 3.20. The molecule has 1 heterocycles. The van der Waals surface area contributed by atoms with Gasteiger partial charge in [0.2, 0.25) is 5.91 Å². The van der Waals surface area contributed by atoms with Crippen LogP contribution in [0.2, 0.25) is 0 Å². The first-order chi connectivity index (χ1) is 11.6. The van der Waals surface area contributed by atoms with Gasteiger partial charge in [-0.3, -0.25) is 14.6 Å². The van der Waals surface area contributed by atoms with E-state index in [0.29, 0.717) is 25.1 Å². The van der Waals surface area contributed by atoms with Crippen LogP contribution in [0.4, 0.5) is 5.69 Å². The minimum Gasteiger partial charge on any atom is -0.385 e. The van der Waals surface area contributed by atoms with E-state index in [9.17, 15) is 9.59 Å². The molecule has 24 heavy (non-hydrogen) atoms. The summed E-state index contributed by atoms with van der Waals surface area (Å²) in [5.41, 5.74) is 2.77. The molecule has 0 fully saturated rings. The number of pyridine rings is 1. The first kappa shape index (κ1) is 17.7. The van der Waals surface area contributed by atoms with E-state index in [2.05, 4.69) is 10.3 Å². The second-order valence-corrected chi connectivity index (χ2v) is 5.73. The molecule has 2 aromatic rings. The standard InChI is InChI=1S/C19H23N3O2/c1-15(23)17-3-5-18(6-4-17)21-13-9-19(24)22(2)14-10-16-7-11-20-12-8-16/h3-8,11-12,21H,9-10,13-14H2,1-2H3. The Hall–Kier alpha value is -2.69.